The van der Waals surface area contributed by atoms with E-state index in [4.69, 9.17) is 5.73 Å². The summed E-state index contributed by atoms with van der Waals surface area (Å²) in [6.45, 7) is 1.07. The molecule has 2 amide bonds. The molecule has 3 aromatic rings. The van der Waals surface area contributed by atoms with E-state index < -0.39 is 0 Å². The van der Waals surface area contributed by atoms with Crippen LogP contribution in [0.15, 0.2) is 34.2 Å². The number of aryl methyl sites for hydroxylation is 1. The summed E-state index contributed by atoms with van der Waals surface area (Å²) < 4.78 is 3.25. The summed E-state index contributed by atoms with van der Waals surface area (Å²) >= 11 is 1.29. The van der Waals surface area contributed by atoms with Crippen molar-refractivity contribution >= 4 is 40.3 Å². The van der Waals surface area contributed by atoms with Crippen molar-refractivity contribution in [2.24, 2.45) is 18.7 Å². The van der Waals surface area contributed by atoms with E-state index in [9.17, 15) is 14.4 Å². The van der Waals surface area contributed by atoms with Crippen molar-refractivity contribution in [3.63, 3.8) is 0 Å². The van der Waals surface area contributed by atoms with Crippen LogP contribution >= 0.6 is 11.8 Å². The van der Waals surface area contributed by atoms with E-state index in [2.05, 4.69) is 10.2 Å². The van der Waals surface area contributed by atoms with E-state index in [0.717, 1.165) is 0 Å². The van der Waals surface area contributed by atoms with E-state index in [1.54, 1.807) is 22.4 Å². The number of amides is 2. The average molecular weight is 400 g/mol. The summed E-state index contributed by atoms with van der Waals surface area (Å²) in [6, 6.07) is 7.27. The van der Waals surface area contributed by atoms with Crippen molar-refractivity contribution < 1.29 is 9.59 Å². The Hall–Kier alpha value is -2.88. The van der Waals surface area contributed by atoms with Gasteiger partial charge in [0.1, 0.15) is 0 Å². The molecule has 28 heavy (non-hydrogen) atoms. The molecule has 1 aliphatic heterocycles. The van der Waals surface area contributed by atoms with Gasteiger partial charge in [-0.15, -0.1) is 10.2 Å². The van der Waals surface area contributed by atoms with E-state index in [1.165, 1.54) is 16.3 Å². The molecule has 0 radical (unpaired) electrons. The Kier molecular flexibility index (Phi) is 4.80. The first-order chi connectivity index (χ1) is 13.5. The second-order valence-electron chi connectivity index (χ2n) is 6.85. The molecule has 0 atom stereocenters. The number of hydrogen-bond donors (Lipinski definition) is 1. The topological polar surface area (TPSA) is 116 Å². The lowest BCUT2D eigenvalue weighted by atomic mass is 9.96. The van der Waals surface area contributed by atoms with Crippen LogP contribution in [-0.4, -0.2) is 54.7 Å². The number of fused-ring (bicyclic) bond motifs is 3. The van der Waals surface area contributed by atoms with Crippen LogP contribution < -0.4 is 11.3 Å². The number of likely N-dealkylation sites (tertiary alicyclic amines) is 1. The number of thioether (sulfide) groups is 1. The number of piperidine rings is 1. The molecule has 0 bridgehead atoms. The zero-order valence-corrected chi connectivity index (χ0v) is 16.2. The minimum absolute atomic E-state index is 0.0150. The van der Waals surface area contributed by atoms with E-state index in [0.29, 0.717) is 47.8 Å². The Morgan fingerprint density at radius 1 is 1.21 bits per heavy atom. The number of carbonyl (C=O) groups excluding carboxylic acids is 2. The molecule has 2 N–H and O–H groups in total. The highest BCUT2D eigenvalue weighted by atomic mass is 32.2. The second kappa shape index (κ2) is 7.27. The molecule has 9 nitrogen and oxygen atoms in total. The van der Waals surface area contributed by atoms with Gasteiger partial charge in [0.05, 0.1) is 16.7 Å². The van der Waals surface area contributed by atoms with Crippen molar-refractivity contribution in [2.75, 3.05) is 18.8 Å². The summed E-state index contributed by atoms with van der Waals surface area (Å²) in [5, 5.41) is 9.44. The van der Waals surface area contributed by atoms with Gasteiger partial charge in [0.2, 0.25) is 17.6 Å². The summed E-state index contributed by atoms with van der Waals surface area (Å²) in [6.07, 6.45) is 1.21. The number of nitrogens with two attached hydrogens (primary N) is 1. The molecule has 0 saturated carbocycles. The molecule has 1 aromatic carbocycles. The predicted molar refractivity (Wildman–Crippen MR) is 105 cm³/mol. The summed E-state index contributed by atoms with van der Waals surface area (Å²) in [5.74, 6) is 0.178. The van der Waals surface area contributed by atoms with Crippen LogP contribution in [0.5, 0.6) is 0 Å². The fourth-order valence-electron chi connectivity index (χ4n) is 3.54. The molecule has 10 heteroatoms. The summed E-state index contributed by atoms with van der Waals surface area (Å²) in [7, 11) is 1.65. The van der Waals surface area contributed by atoms with Gasteiger partial charge >= 0.3 is 0 Å². The highest BCUT2D eigenvalue weighted by Gasteiger charge is 2.26. The van der Waals surface area contributed by atoms with Crippen LogP contribution in [0.4, 0.5) is 0 Å². The molecule has 3 heterocycles. The van der Waals surface area contributed by atoms with Crippen molar-refractivity contribution in [2.45, 2.75) is 18.0 Å². The average Bonchev–Trinajstić information content (AvgIpc) is 3.14. The first-order valence-corrected chi connectivity index (χ1v) is 9.98. The van der Waals surface area contributed by atoms with E-state index >= 15 is 0 Å². The van der Waals surface area contributed by atoms with E-state index in [1.807, 2.05) is 18.2 Å². The lowest BCUT2D eigenvalue weighted by molar-refractivity contribution is -0.132. The number of primary amides is 1. The molecule has 1 saturated heterocycles. The number of hydrogen-bond acceptors (Lipinski definition) is 6. The van der Waals surface area contributed by atoms with Crippen LogP contribution in [0.1, 0.15) is 12.8 Å². The van der Waals surface area contributed by atoms with Crippen molar-refractivity contribution in [1.29, 1.82) is 0 Å². The quantitative estimate of drug-likeness (QED) is 0.634. The number of nitrogens with zero attached hydrogens (tertiary/aromatic N) is 5. The number of para-hydroxylation sites is 1. The molecular weight excluding hydrogens is 380 g/mol. The standard InChI is InChI=1S/C18H20N6O3S/c1-22-16(27)12-4-2-3-5-13(12)24-17(22)20-21-18(24)28-10-14(25)23-8-6-11(7-9-23)15(19)26/h2-5,11H,6-10H2,1H3,(H2,19,26). The van der Waals surface area contributed by atoms with Gasteiger partial charge in [0.25, 0.3) is 5.56 Å². The van der Waals surface area contributed by atoms with Crippen molar-refractivity contribution in [1.82, 2.24) is 24.1 Å². The third-order valence-corrected chi connectivity index (χ3v) is 6.08. The zero-order valence-electron chi connectivity index (χ0n) is 15.4. The first kappa shape index (κ1) is 18.5. The molecule has 0 spiro atoms. The van der Waals surface area contributed by atoms with Gasteiger partial charge in [0, 0.05) is 26.1 Å². The molecule has 4 rings (SSSR count). The van der Waals surface area contributed by atoms with Gasteiger partial charge in [-0.3, -0.25) is 23.4 Å². The maximum atomic E-state index is 12.6. The Balaban J connectivity index is 1.56. The van der Waals surface area contributed by atoms with Gasteiger partial charge in [-0.2, -0.15) is 0 Å². The van der Waals surface area contributed by atoms with Crippen LogP contribution in [0.2, 0.25) is 0 Å². The maximum absolute atomic E-state index is 12.6. The number of rotatable bonds is 4. The van der Waals surface area contributed by atoms with Gasteiger partial charge in [-0.1, -0.05) is 23.9 Å². The smallest absolute Gasteiger partial charge is 0.262 e. The lowest BCUT2D eigenvalue weighted by Crippen LogP contribution is -2.42. The predicted octanol–water partition coefficient (Wildman–Crippen LogP) is 0.397. The molecule has 0 unspecified atom stereocenters. The number of carbonyl (C=O) groups is 2. The summed E-state index contributed by atoms with van der Waals surface area (Å²) in [5.41, 5.74) is 5.92. The Morgan fingerprint density at radius 3 is 2.64 bits per heavy atom. The minimum Gasteiger partial charge on any atom is -0.369 e. The Bertz CT molecular complexity index is 1130. The highest BCUT2D eigenvalue weighted by molar-refractivity contribution is 7.99. The molecule has 1 fully saturated rings. The lowest BCUT2D eigenvalue weighted by Gasteiger charge is -2.30. The largest absolute Gasteiger partial charge is 0.369 e. The third-order valence-electron chi connectivity index (χ3n) is 5.17. The van der Waals surface area contributed by atoms with Crippen LogP contribution in [0, 0.1) is 5.92 Å². The third kappa shape index (κ3) is 3.13. The Labute approximate surface area is 164 Å². The Morgan fingerprint density at radius 2 is 1.93 bits per heavy atom. The van der Waals surface area contributed by atoms with Crippen LogP contribution in [0.25, 0.3) is 16.7 Å². The van der Waals surface area contributed by atoms with Gasteiger partial charge in [-0.25, -0.2) is 0 Å². The fourth-order valence-corrected chi connectivity index (χ4v) is 4.38. The van der Waals surface area contributed by atoms with Crippen molar-refractivity contribution in [3.8, 4) is 0 Å². The van der Waals surface area contributed by atoms with Gasteiger partial charge in [0.15, 0.2) is 5.16 Å². The second-order valence-corrected chi connectivity index (χ2v) is 7.79. The number of aromatic nitrogens is 4. The highest BCUT2D eigenvalue weighted by Crippen LogP contribution is 2.23. The number of benzene rings is 1. The molecular formula is C18H20N6O3S. The van der Waals surface area contributed by atoms with Crippen LogP contribution in [-0.2, 0) is 16.6 Å². The van der Waals surface area contributed by atoms with Crippen molar-refractivity contribution in [3.05, 3.63) is 34.6 Å². The van der Waals surface area contributed by atoms with Gasteiger partial charge in [-0.05, 0) is 25.0 Å². The minimum atomic E-state index is -0.297. The van der Waals surface area contributed by atoms with E-state index in [-0.39, 0.29) is 29.0 Å². The molecule has 0 aliphatic carbocycles. The molecule has 2 aromatic heterocycles. The van der Waals surface area contributed by atoms with Crippen LogP contribution in [0.3, 0.4) is 0 Å². The first-order valence-electron chi connectivity index (χ1n) is 9.00. The summed E-state index contributed by atoms with van der Waals surface area (Å²) in [4.78, 5) is 38.1. The normalized spacial score (nSPS) is 15.4. The fraction of sp³-hybridized carbons (Fsp3) is 0.389. The maximum Gasteiger partial charge on any atom is 0.262 e. The zero-order chi connectivity index (χ0) is 19.8. The molecule has 1 aliphatic rings. The van der Waals surface area contributed by atoms with Gasteiger partial charge < -0.3 is 10.6 Å². The SMILES string of the molecule is Cn1c(=O)c2ccccc2n2c(SCC(=O)N3CCC(C(N)=O)CC3)nnc12. The molecule has 146 valence electrons. The monoisotopic (exact) mass is 400 g/mol.